The fourth-order valence-electron chi connectivity index (χ4n) is 0.215. The minimum absolute atomic E-state index is 0.894. The van der Waals surface area contributed by atoms with Crippen LogP contribution >= 0.6 is 0 Å². The first kappa shape index (κ1) is 7.45. The number of terminal acetylenes is 1. The van der Waals surface area contributed by atoms with Crippen LogP contribution in [0.4, 0.5) is 4.39 Å². The fraction of sp³-hybridized carbons (Fsp3) is 0.667. The Hall–Kier alpha value is -0.550. The molecule has 8 heavy (non-hydrogen) atoms. The average Bonchev–Trinajstić information content (AvgIpc) is 1.62. The molecule has 0 fully saturated rings. The van der Waals surface area contributed by atoms with Gasteiger partial charge in [0.2, 0.25) is 0 Å². The average molecular weight is 115 g/mol. The van der Waals surface area contributed by atoms with Crippen LogP contribution in [0.3, 0.4) is 0 Å². The quantitative estimate of drug-likeness (QED) is 0.500. The van der Waals surface area contributed by atoms with Gasteiger partial charge in [0.05, 0.1) is 5.54 Å². The van der Waals surface area contributed by atoms with Crippen molar-refractivity contribution in [3.05, 3.63) is 0 Å². The molecule has 0 radical (unpaired) electrons. The minimum atomic E-state index is -1.34. The highest BCUT2D eigenvalue weighted by atomic mass is 19.1. The largest absolute Gasteiger partial charge is 0.322 e. The zero-order chi connectivity index (χ0) is 6.78. The number of alkyl halides is 1. The molecule has 0 amide bonds. The first-order valence-corrected chi connectivity index (χ1v) is 2.37. The van der Waals surface area contributed by atoms with E-state index in [0.717, 1.165) is 0 Å². The van der Waals surface area contributed by atoms with Crippen LogP contribution in [0.15, 0.2) is 0 Å². The molecule has 0 aromatic rings. The van der Waals surface area contributed by atoms with Gasteiger partial charge in [-0.05, 0) is 13.8 Å². The predicted molar refractivity (Wildman–Crippen MR) is 32.0 cm³/mol. The summed E-state index contributed by atoms with van der Waals surface area (Å²) in [5.74, 6) is 1.91. The molecular formula is C6H10FN. The lowest BCUT2D eigenvalue weighted by molar-refractivity contribution is 0.282. The lowest BCUT2D eigenvalue weighted by atomic mass is 10.0. The summed E-state index contributed by atoms with van der Waals surface area (Å²) in [6.07, 6.45) is 3.41. The van der Waals surface area contributed by atoms with E-state index >= 15 is 0 Å². The molecule has 0 spiro atoms. The topological polar surface area (TPSA) is 26.0 Å². The van der Waals surface area contributed by atoms with Crippen molar-refractivity contribution in [1.82, 2.24) is 0 Å². The summed E-state index contributed by atoms with van der Waals surface area (Å²) in [7, 11) is 0. The molecule has 1 atom stereocenters. The van der Waals surface area contributed by atoms with Crippen LogP contribution in [-0.2, 0) is 0 Å². The van der Waals surface area contributed by atoms with Gasteiger partial charge in [0, 0.05) is 0 Å². The SMILES string of the molecule is C#CC(F)C(C)(C)N. The molecule has 1 nitrogen and oxygen atoms in total. The fourth-order valence-corrected chi connectivity index (χ4v) is 0.215. The van der Waals surface area contributed by atoms with Crippen LogP contribution in [0.1, 0.15) is 13.8 Å². The third kappa shape index (κ3) is 1.94. The smallest absolute Gasteiger partial charge is 0.177 e. The zero-order valence-corrected chi connectivity index (χ0v) is 5.11. The maximum atomic E-state index is 12.3. The van der Waals surface area contributed by atoms with E-state index in [-0.39, 0.29) is 0 Å². The summed E-state index contributed by atoms with van der Waals surface area (Å²) < 4.78 is 12.3. The van der Waals surface area contributed by atoms with Gasteiger partial charge in [-0.25, -0.2) is 4.39 Å². The Morgan fingerprint density at radius 2 is 2.12 bits per heavy atom. The molecule has 0 rings (SSSR count). The summed E-state index contributed by atoms with van der Waals surface area (Å²) in [6, 6.07) is 0. The van der Waals surface area contributed by atoms with Crippen molar-refractivity contribution in [3.8, 4) is 12.3 Å². The lowest BCUT2D eigenvalue weighted by Crippen LogP contribution is -2.41. The predicted octanol–water partition coefficient (Wildman–Crippen LogP) is 0.695. The number of halogens is 1. The molecule has 2 N–H and O–H groups in total. The summed E-state index contributed by atoms with van der Waals surface area (Å²) in [5.41, 5.74) is 4.38. The molecule has 0 saturated carbocycles. The van der Waals surface area contributed by atoms with Crippen molar-refractivity contribution in [2.75, 3.05) is 0 Å². The highest BCUT2D eigenvalue weighted by Crippen LogP contribution is 2.06. The van der Waals surface area contributed by atoms with Gasteiger partial charge in [-0.15, -0.1) is 6.42 Å². The third-order valence-electron chi connectivity index (χ3n) is 0.800. The maximum absolute atomic E-state index is 12.3. The number of hydrogen-bond donors (Lipinski definition) is 1. The van der Waals surface area contributed by atoms with E-state index in [4.69, 9.17) is 12.2 Å². The van der Waals surface area contributed by atoms with Crippen molar-refractivity contribution in [2.24, 2.45) is 5.73 Å². The monoisotopic (exact) mass is 115 g/mol. The van der Waals surface area contributed by atoms with Gasteiger partial charge in [-0.1, -0.05) is 5.92 Å². The first-order chi connectivity index (χ1) is 3.48. The van der Waals surface area contributed by atoms with Gasteiger partial charge < -0.3 is 5.73 Å². The van der Waals surface area contributed by atoms with Gasteiger partial charge in [-0.3, -0.25) is 0 Å². The van der Waals surface area contributed by atoms with Crippen molar-refractivity contribution in [1.29, 1.82) is 0 Å². The van der Waals surface area contributed by atoms with Gasteiger partial charge in [0.25, 0.3) is 0 Å². The zero-order valence-electron chi connectivity index (χ0n) is 5.11. The van der Waals surface area contributed by atoms with E-state index in [9.17, 15) is 4.39 Å². The van der Waals surface area contributed by atoms with Crippen molar-refractivity contribution < 1.29 is 4.39 Å². The van der Waals surface area contributed by atoms with Gasteiger partial charge in [-0.2, -0.15) is 0 Å². The van der Waals surface area contributed by atoms with Crippen LogP contribution in [0.25, 0.3) is 0 Å². The lowest BCUT2D eigenvalue weighted by Gasteiger charge is -2.18. The van der Waals surface area contributed by atoms with E-state index in [2.05, 4.69) is 0 Å². The highest BCUT2D eigenvalue weighted by molar-refractivity contribution is 5.03. The van der Waals surface area contributed by atoms with Crippen molar-refractivity contribution >= 4 is 0 Å². The molecule has 46 valence electrons. The summed E-state index contributed by atoms with van der Waals surface area (Å²) in [6.45, 7) is 3.11. The Balaban J connectivity index is 3.87. The Morgan fingerprint density at radius 1 is 1.75 bits per heavy atom. The number of nitrogens with two attached hydrogens (primary N) is 1. The molecule has 0 aliphatic carbocycles. The number of hydrogen-bond acceptors (Lipinski definition) is 1. The van der Waals surface area contributed by atoms with Crippen LogP contribution in [0.2, 0.25) is 0 Å². The standard InChI is InChI=1S/C6H10FN/c1-4-5(7)6(2,3)8/h1,5H,8H2,2-3H3. The Kier molecular flexibility index (Phi) is 2.00. The Morgan fingerprint density at radius 3 is 2.12 bits per heavy atom. The van der Waals surface area contributed by atoms with E-state index in [1.807, 2.05) is 5.92 Å². The normalized spacial score (nSPS) is 14.9. The van der Waals surface area contributed by atoms with Crippen LogP contribution in [0, 0.1) is 12.3 Å². The van der Waals surface area contributed by atoms with E-state index in [1.54, 1.807) is 13.8 Å². The summed E-state index contributed by atoms with van der Waals surface area (Å²) in [5, 5.41) is 0. The minimum Gasteiger partial charge on any atom is -0.322 e. The molecule has 1 unspecified atom stereocenters. The van der Waals surface area contributed by atoms with Gasteiger partial charge in [0.15, 0.2) is 6.17 Å². The van der Waals surface area contributed by atoms with Gasteiger partial charge in [0.1, 0.15) is 0 Å². The van der Waals surface area contributed by atoms with E-state index < -0.39 is 11.7 Å². The third-order valence-corrected chi connectivity index (χ3v) is 0.800. The van der Waals surface area contributed by atoms with Gasteiger partial charge >= 0.3 is 0 Å². The second-order valence-electron chi connectivity index (χ2n) is 2.35. The summed E-state index contributed by atoms with van der Waals surface area (Å²) in [4.78, 5) is 0. The molecule has 0 aromatic heterocycles. The second kappa shape index (κ2) is 2.15. The molecule has 0 bridgehead atoms. The van der Waals surface area contributed by atoms with Crippen LogP contribution in [0.5, 0.6) is 0 Å². The Bertz CT molecular complexity index is 107. The summed E-state index contributed by atoms with van der Waals surface area (Å²) >= 11 is 0. The maximum Gasteiger partial charge on any atom is 0.177 e. The molecule has 0 saturated heterocycles. The Labute approximate surface area is 49.1 Å². The van der Waals surface area contributed by atoms with Crippen LogP contribution < -0.4 is 5.73 Å². The van der Waals surface area contributed by atoms with Crippen LogP contribution in [-0.4, -0.2) is 11.7 Å². The second-order valence-corrected chi connectivity index (χ2v) is 2.35. The molecule has 0 heterocycles. The highest BCUT2D eigenvalue weighted by Gasteiger charge is 2.21. The first-order valence-electron chi connectivity index (χ1n) is 2.37. The van der Waals surface area contributed by atoms with Crippen molar-refractivity contribution in [2.45, 2.75) is 25.6 Å². The molecule has 0 aliphatic heterocycles. The van der Waals surface area contributed by atoms with E-state index in [1.165, 1.54) is 0 Å². The molecule has 0 aliphatic rings. The number of rotatable bonds is 1. The molecular weight excluding hydrogens is 105 g/mol. The van der Waals surface area contributed by atoms with Crippen molar-refractivity contribution in [3.63, 3.8) is 0 Å². The van der Waals surface area contributed by atoms with E-state index in [0.29, 0.717) is 0 Å². The molecule has 0 aromatic carbocycles. The molecule has 2 heteroatoms.